The summed E-state index contributed by atoms with van der Waals surface area (Å²) >= 11 is 1.69. The van der Waals surface area contributed by atoms with E-state index >= 15 is 0 Å². The maximum absolute atomic E-state index is 14.6. The Morgan fingerprint density at radius 1 is 0.468 bits per heavy atom. The fourth-order valence-electron chi connectivity index (χ4n) is 8.07. The second-order valence-corrected chi connectivity index (χ2v) is 14.8. The van der Waals surface area contributed by atoms with E-state index in [2.05, 4.69) is 165 Å². The summed E-state index contributed by atoms with van der Waals surface area (Å²) in [7, 11) is 0. The van der Waals surface area contributed by atoms with Gasteiger partial charge in [-0.1, -0.05) is 107 Å². The lowest BCUT2D eigenvalue weighted by Gasteiger charge is -2.42. The monoisotopic (exact) mass is 626 g/mol. The summed E-state index contributed by atoms with van der Waals surface area (Å²) in [6.07, 6.45) is 0. The molecule has 9 rings (SSSR count). The van der Waals surface area contributed by atoms with Crippen molar-refractivity contribution in [1.82, 2.24) is 0 Å². The van der Waals surface area contributed by atoms with Crippen LogP contribution in [0.25, 0.3) is 20.2 Å². The smallest absolute Gasteiger partial charge is 0.197 e. The molecule has 6 aromatic carbocycles. The first-order chi connectivity index (χ1) is 22.8. The van der Waals surface area contributed by atoms with E-state index in [-0.39, 0.29) is 16.3 Å². The third-order valence-corrected chi connectivity index (χ3v) is 11.6. The number of rotatable bonds is 2. The summed E-state index contributed by atoms with van der Waals surface area (Å²) in [5.74, 6) is 0. The molecule has 0 unspecified atom stereocenters. The van der Waals surface area contributed by atoms with Crippen molar-refractivity contribution in [2.45, 2.75) is 38.5 Å². The summed E-state index contributed by atoms with van der Waals surface area (Å²) in [5.41, 5.74) is 11.4. The fraction of sp³-hybridized carbons (Fsp3) is 0.140. The molecule has 3 nitrogen and oxygen atoms in total. The number of hydrogen-bond donors (Lipinski definition) is 0. The van der Waals surface area contributed by atoms with Crippen molar-refractivity contribution in [3.63, 3.8) is 0 Å². The maximum atomic E-state index is 14.6. The molecule has 0 radical (unpaired) electrons. The second-order valence-electron chi connectivity index (χ2n) is 13.8. The molecule has 0 aliphatic carbocycles. The summed E-state index contributed by atoms with van der Waals surface area (Å²) < 4.78 is 1.97. The molecule has 0 fully saturated rings. The highest BCUT2D eigenvalue weighted by atomic mass is 32.1. The highest BCUT2D eigenvalue weighted by Crippen LogP contribution is 2.54. The van der Waals surface area contributed by atoms with Crippen LogP contribution in [-0.4, -0.2) is 0 Å². The number of nitrogens with zero attached hydrogens (tertiary/aromatic N) is 2. The van der Waals surface area contributed by atoms with E-state index in [1.807, 2.05) is 6.07 Å². The molecule has 0 amide bonds. The van der Waals surface area contributed by atoms with Crippen molar-refractivity contribution in [2.75, 3.05) is 9.80 Å². The van der Waals surface area contributed by atoms with E-state index in [1.165, 1.54) is 33.6 Å². The van der Waals surface area contributed by atoms with Gasteiger partial charge >= 0.3 is 0 Å². The minimum Gasteiger partial charge on any atom is -0.310 e. The first-order valence-electron chi connectivity index (χ1n) is 16.2. The Hall–Kier alpha value is -5.19. The minimum absolute atomic E-state index is 0.0660. The van der Waals surface area contributed by atoms with Crippen LogP contribution in [0.4, 0.5) is 34.1 Å². The van der Waals surface area contributed by atoms with Gasteiger partial charge in [0.25, 0.3) is 0 Å². The average Bonchev–Trinajstić information content (AvgIpc) is 3.09. The normalized spacial score (nSPS) is 15.6. The molecule has 3 heterocycles. The summed E-state index contributed by atoms with van der Waals surface area (Å²) in [5, 5.41) is 1.51. The van der Waals surface area contributed by atoms with Crippen LogP contribution in [-0.2, 0) is 10.8 Å². The largest absolute Gasteiger partial charge is 0.310 e. The molecule has 1 aromatic heterocycles. The molecule has 2 aliphatic rings. The van der Waals surface area contributed by atoms with E-state index in [9.17, 15) is 4.79 Å². The van der Waals surface area contributed by atoms with Crippen LogP contribution < -0.4 is 15.2 Å². The van der Waals surface area contributed by atoms with Gasteiger partial charge in [0.1, 0.15) is 0 Å². The molecule has 0 atom stereocenters. The van der Waals surface area contributed by atoms with Gasteiger partial charge in [0.2, 0.25) is 0 Å². The third-order valence-electron chi connectivity index (χ3n) is 10.4. The molecule has 0 saturated heterocycles. The Morgan fingerprint density at radius 2 is 0.915 bits per heavy atom. The number of anilines is 6. The number of fused-ring (bicyclic) bond motifs is 6. The zero-order chi connectivity index (χ0) is 32.1. The maximum Gasteiger partial charge on any atom is 0.197 e. The summed E-state index contributed by atoms with van der Waals surface area (Å²) in [4.78, 5) is 19.3. The minimum atomic E-state index is -0.165. The Morgan fingerprint density at radius 3 is 1.43 bits per heavy atom. The Bertz CT molecular complexity index is 2370. The van der Waals surface area contributed by atoms with Gasteiger partial charge in [-0.25, -0.2) is 0 Å². The molecule has 0 spiro atoms. The van der Waals surface area contributed by atoms with Crippen LogP contribution in [0, 0.1) is 0 Å². The van der Waals surface area contributed by atoms with Gasteiger partial charge in [-0.3, -0.25) is 4.79 Å². The van der Waals surface area contributed by atoms with Gasteiger partial charge in [0, 0.05) is 31.3 Å². The molecular formula is C43H34N2OS. The number of hydrogen-bond acceptors (Lipinski definition) is 4. The van der Waals surface area contributed by atoms with E-state index < -0.39 is 0 Å². The molecule has 0 N–H and O–H groups in total. The summed E-state index contributed by atoms with van der Waals surface area (Å²) in [6, 6.07) is 47.2. The van der Waals surface area contributed by atoms with E-state index in [0.29, 0.717) is 0 Å². The Balaban J connectivity index is 1.26. The van der Waals surface area contributed by atoms with Crippen LogP contribution in [0.1, 0.15) is 49.9 Å². The van der Waals surface area contributed by atoms with Gasteiger partial charge in [0.05, 0.1) is 33.8 Å². The first kappa shape index (κ1) is 28.1. The molecular weight excluding hydrogens is 593 g/mol. The van der Waals surface area contributed by atoms with Crippen molar-refractivity contribution >= 4 is 65.6 Å². The zero-order valence-electron chi connectivity index (χ0n) is 26.9. The van der Waals surface area contributed by atoms with Gasteiger partial charge < -0.3 is 9.80 Å². The lowest BCUT2D eigenvalue weighted by atomic mass is 9.73. The lowest BCUT2D eigenvalue weighted by molar-refractivity contribution is 0.632. The molecule has 47 heavy (non-hydrogen) atoms. The number of benzene rings is 6. The predicted molar refractivity (Wildman–Crippen MR) is 199 cm³/mol. The molecule has 4 heteroatoms. The van der Waals surface area contributed by atoms with Crippen LogP contribution >= 0.6 is 11.3 Å². The third kappa shape index (κ3) is 3.88. The first-order valence-corrected chi connectivity index (χ1v) is 17.1. The lowest BCUT2D eigenvalue weighted by Crippen LogP contribution is -2.31. The molecule has 2 aliphatic heterocycles. The van der Waals surface area contributed by atoms with Gasteiger partial charge in [-0.05, 0) is 76.9 Å². The fourth-order valence-corrected chi connectivity index (χ4v) is 9.20. The van der Waals surface area contributed by atoms with Crippen molar-refractivity contribution < 1.29 is 0 Å². The topological polar surface area (TPSA) is 23.6 Å². The van der Waals surface area contributed by atoms with Crippen molar-refractivity contribution in [1.29, 1.82) is 0 Å². The van der Waals surface area contributed by atoms with Crippen LogP contribution in [0.3, 0.4) is 0 Å². The Labute approximate surface area is 279 Å². The highest BCUT2D eigenvalue weighted by Gasteiger charge is 2.38. The average molecular weight is 627 g/mol. The van der Waals surface area contributed by atoms with Gasteiger partial charge in [0.15, 0.2) is 5.43 Å². The molecule has 0 bridgehead atoms. The van der Waals surface area contributed by atoms with E-state index in [0.717, 1.165) is 42.9 Å². The highest BCUT2D eigenvalue weighted by molar-refractivity contribution is 7.24. The molecule has 0 saturated carbocycles. The van der Waals surface area contributed by atoms with Gasteiger partial charge in [-0.15, -0.1) is 11.3 Å². The molecule has 7 aromatic rings. The summed E-state index contributed by atoms with van der Waals surface area (Å²) in [6.45, 7) is 9.19. The number of para-hydroxylation sites is 4. The van der Waals surface area contributed by atoms with Crippen LogP contribution in [0.15, 0.2) is 138 Å². The Kier molecular flexibility index (Phi) is 5.91. The van der Waals surface area contributed by atoms with Crippen LogP contribution in [0.5, 0.6) is 0 Å². The predicted octanol–water partition coefficient (Wildman–Crippen LogP) is 11.6. The van der Waals surface area contributed by atoms with Crippen molar-refractivity contribution in [3.05, 3.63) is 166 Å². The van der Waals surface area contributed by atoms with Gasteiger partial charge in [-0.2, -0.15) is 0 Å². The zero-order valence-corrected chi connectivity index (χ0v) is 27.7. The quantitative estimate of drug-likeness (QED) is 0.178. The van der Waals surface area contributed by atoms with Crippen molar-refractivity contribution in [2.24, 2.45) is 0 Å². The molecule has 228 valence electrons. The van der Waals surface area contributed by atoms with E-state index in [1.54, 1.807) is 11.3 Å². The standard InChI is InChI=1S/C43H34N2OS/c1-42(2)29-14-5-9-18-33(29)44(34-19-10-6-15-30(34)42)27-24-25-28-39(26-27)47-38-23-13-22-37(40(38)41(28)46)45-35-20-11-7-16-31(35)43(3,4)32-17-8-12-21-36(32)45/h5-26H,1-4H3. The second kappa shape index (κ2) is 9.90. The van der Waals surface area contributed by atoms with Crippen molar-refractivity contribution in [3.8, 4) is 0 Å². The van der Waals surface area contributed by atoms with Crippen LogP contribution in [0.2, 0.25) is 0 Å². The van der Waals surface area contributed by atoms with E-state index in [4.69, 9.17) is 0 Å². The SMILES string of the molecule is CC1(C)c2ccccc2N(c2ccc3c(=O)c4c(N5c6ccccc6C(C)(C)c6ccccc65)cccc4sc3c2)c2ccccc21.